The van der Waals surface area contributed by atoms with Gasteiger partial charge >= 0.3 is 10.1 Å². The van der Waals surface area contributed by atoms with Crippen LogP contribution in [-0.2, 0) is 30.9 Å². The van der Waals surface area contributed by atoms with Crippen LogP contribution in [0.1, 0.15) is 18.4 Å². The summed E-state index contributed by atoms with van der Waals surface area (Å²) >= 11 is 11.8. The number of methoxy groups -OCH3 is 2. The zero-order valence-corrected chi connectivity index (χ0v) is 20.6. The molecule has 1 saturated heterocycles. The van der Waals surface area contributed by atoms with Crippen LogP contribution in [0.2, 0.25) is 10.0 Å². The number of amides is 1. The normalized spacial score (nSPS) is 15.9. The van der Waals surface area contributed by atoms with E-state index in [4.69, 9.17) is 41.6 Å². The third kappa shape index (κ3) is 6.74. The molecule has 0 spiro atoms. The number of hydrogen-bond donors (Lipinski definition) is 0. The van der Waals surface area contributed by atoms with Gasteiger partial charge in [-0.05, 0) is 48.7 Å². The molecule has 1 unspecified atom stereocenters. The molecule has 2 aromatic carbocycles. The van der Waals surface area contributed by atoms with Crippen molar-refractivity contribution in [3.05, 3.63) is 52.0 Å². The van der Waals surface area contributed by atoms with Crippen LogP contribution < -0.4 is 8.92 Å². The van der Waals surface area contributed by atoms with Crippen molar-refractivity contribution >= 4 is 39.2 Å². The highest BCUT2D eigenvalue weighted by molar-refractivity contribution is 7.87. The lowest BCUT2D eigenvalue weighted by Crippen LogP contribution is -2.38. The highest BCUT2D eigenvalue weighted by atomic mass is 35.5. The fourth-order valence-corrected chi connectivity index (χ4v) is 4.73. The quantitative estimate of drug-likeness (QED) is 0.441. The van der Waals surface area contributed by atoms with Crippen LogP contribution in [0.25, 0.3) is 0 Å². The molecular formula is C22H25Cl2NO7S. The molecule has 180 valence electrons. The van der Waals surface area contributed by atoms with E-state index in [1.165, 1.54) is 38.5 Å². The van der Waals surface area contributed by atoms with Gasteiger partial charge in [-0.2, -0.15) is 8.42 Å². The zero-order valence-electron chi connectivity index (χ0n) is 18.3. The van der Waals surface area contributed by atoms with Gasteiger partial charge in [0.05, 0.1) is 23.3 Å². The van der Waals surface area contributed by atoms with Gasteiger partial charge in [-0.1, -0.05) is 29.3 Å². The molecule has 0 saturated carbocycles. The van der Waals surface area contributed by atoms with Crippen molar-refractivity contribution in [2.45, 2.75) is 30.4 Å². The summed E-state index contributed by atoms with van der Waals surface area (Å²) in [6.45, 7) is 1.23. The van der Waals surface area contributed by atoms with E-state index in [0.29, 0.717) is 18.7 Å². The van der Waals surface area contributed by atoms with Crippen molar-refractivity contribution in [2.24, 2.45) is 0 Å². The third-order valence-corrected chi connectivity index (χ3v) is 7.02. The maximum Gasteiger partial charge on any atom is 0.339 e. The molecule has 1 fully saturated rings. The Morgan fingerprint density at radius 3 is 2.55 bits per heavy atom. The Bertz CT molecular complexity index is 1090. The molecule has 11 heteroatoms. The van der Waals surface area contributed by atoms with Gasteiger partial charge in [0.15, 0.2) is 11.5 Å². The molecule has 3 rings (SSSR count). The molecule has 1 heterocycles. The molecule has 0 aromatic heterocycles. The number of hydrogen-bond acceptors (Lipinski definition) is 7. The molecule has 1 aliphatic rings. The van der Waals surface area contributed by atoms with Crippen molar-refractivity contribution in [2.75, 3.05) is 34.0 Å². The molecule has 0 aliphatic carbocycles. The Hall–Kier alpha value is -2.04. The second kappa shape index (κ2) is 11.4. The van der Waals surface area contributed by atoms with Crippen molar-refractivity contribution in [3.63, 3.8) is 0 Å². The van der Waals surface area contributed by atoms with E-state index in [9.17, 15) is 13.2 Å². The molecule has 1 aliphatic heterocycles. The Morgan fingerprint density at radius 1 is 1.12 bits per heavy atom. The van der Waals surface area contributed by atoms with Crippen LogP contribution in [0, 0.1) is 0 Å². The van der Waals surface area contributed by atoms with Crippen molar-refractivity contribution in [1.82, 2.24) is 4.90 Å². The lowest BCUT2D eigenvalue weighted by atomic mass is 10.1. The monoisotopic (exact) mass is 517 g/mol. The maximum atomic E-state index is 12.8. The Kier molecular flexibility index (Phi) is 8.83. The molecule has 1 amide bonds. The molecule has 8 nitrogen and oxygen atoms in total. The van der Waals surface area contributed by atoms with Crippen LogP contribution in [0.3, 0.4) is 0 Å². The number of benzene rings is 2. The second-order valence-corrected chi connectivity index (χ2v) is 9.80. The van der Waals surface area contributed by atoms with Crippen LogP contribution in [0.5, 0.6) is 11.5 Å². The summed E-state index contributed by atoms with van der Waals surface area (Å²) in [5, 5.41) is 0.311. The second-order valence-electron chi connectivity index (χ2n) is 7.44. The first-order valence-corrected chi connectivity index (χ1v) is 12.3. The van der Waals surface area contributed by atoms with Gasteiger partial charge < -0.3 is 23.3 Å². The fourth-order valence-electron chi connectivity index (χ4n) is 3.41. The fraction of sp³-hybridized carbons (Fsp3) is 0.409. The van der Waals surface area contributed by atoms with Gasteiger partial charge in [0.2, 0.25) is 5.91 Å². The van der Waals surface area contributed by atoms with Gasteiger partial charge in [0.25, 0.3) is 0 Å². The summed E-state index contributed by atoms with van der Waals surface area (Å²) in [5.74, 6) is 0.00308. The van der Waals surface area contributed by atoms with Crippen molar-refractivity contribution in [3.8, 4) is 11.5 Å². The van der Waals surface area contributed by atoms with Gasteiger partial charge in [0, 0.05) is 26.8 Å². The number of ether oxygens (including phenoxy) is 3. The topological polar surface area (TPSA) is 91.4 Å². The van der Waals surface area contributed by atoms with E-state index in [1.54, 1.807) is 17.0 Å². The Morgan fingerprint density at radius 2 is 1.91 bits per heavy atom. The molecule has 2 aromatic rings. The molecule has 0 radical (unpaired) electrons. The predicted molar refractivity (Wildman–Crippen MR) is 124 cm³/mol. The summed E-state index contributed by atoms with van der Waals surface area (Å²) in [5.41, 5.74) is 0.651. The van der Waals surface area contributed by atoms with E-state index < -0.39 is 10.1 Å². The smallest absolute Gasteiger partial charge is 0.339 e. The molecular weight excluding hydrogens is 493 g/mol. The summed E-state index contributed by atoms with van der Waals surface area (Å²) in [6.07, 6.45) is 1.77. The summed E-state index contributed by atoms with van der Waals surface area (Å²) < 4.78 is 46.9. The SMILES string of the molecule is COCC(=O)N(Cc1ccc(OC)c(OS(=O)(=O)c2ccc(Cl)c(Cl)c2)c1)CC1CCCO1. The minimum atomic E-state index is -4.22. The standard InChI is InChI=1S/C22H25Cl2NO7S/c1-29-14-22(26)25(13-16-4-3-9-31-16)12-15-5-8-20(30-2)21(10-15)32-33(27,28)17-6-7-18(23)19(24)11-17/h5-8,10-11,16H,3-4,9,12-14H2,1-2H3. The van der Waals surface area contributed by atoms with Crippen molar-refractivity contribution in [1.29, 1.82) is 0 Å². The minimum absolute atomic E-state index is 0.0164. The van der Waals surface area contributed by atoms with Crippen LogP contribution in [0.15, 0.2) is 41.3 Å². The first kappa shape index (κ1) is 25.6. The average Bonchev–Trinajstić information content (AvgIpc) is 3.28. The minimum Gasteiger partial charge on any atom is -0.493 e. The number of carbonyl (C=O) groups is 1. The third-order valence-electron chi connectivity index (χ3n) is 5.05. The highest BCUT2D eigenvalue weighted by Gasteiger charge is 2.24. The van der Waals surface area contributed by atoms with Gasteiger partial charge in [-0.3, -0.25) is 4.79 Å². The number of carbonyl (C=O) groups excluding carboxylic acids is 1. The Labute approximate surface area is 203 Å². The van der Waals surface area contributed by atoms with E-state index in [-0.39, 0.29) is 51.6 Å². The van der Waals surface area contributed by atoms with Gasteiger partial charge in [-0.15, -0.1) is 0 Å². The predicted octanol–water partition coefficient (Wildman–Crippen LogP) is 3.92. The molecule has 0 bridgehead atoms. The number of nitrogens with zero attached hydrogens (tertiary/aromatic N) is 1. The molecule has 33 heavy (non-hydrogen) atoms. The Balaban J connectivity index is 1.85. The lowest BCUT2D eigenvalue weighted by molar-refractivity contribution is -0.137. The van der Waals surface area contributed by atoms with E-state index in [1.807, 2.05) is 0 Å². The summed E-state index contributed by atoms with van der Waals surface area (Å²) in [7, 11) is -1.36. The largest absolute Gasteiger partial charge is 0.493 e. The van der Waals surface area contributed by atoms with E-state index >= 15 is 0 Å². The van der Waals surface area contributed by atoms with Crippen LogP contribution >= 0.6 is 23.2 Å². The van der Waals surface area contributed by atoms with Crippen molar-refractivity contribution < 1.29 is 31.6 Å². The molecule has 1 atom stereocenters. The van der Waals surface area contributed by atoms with Gasteiger partial charge in [-0.25, -0.2) is 0 Å². The summed E-state index contributed by atoms with van der Waals surface area (Å²) in [6, 6.07) is 8.73. The lowest BCUT2D eigenvalue weighted by Gasteiger charge is -2.25. The number of halogens is 2. The summed E-state index contributed by atoms with van der Waals surface area (Å²) in [4.78, 5) is 14.1. The van der Waals surface area contributed by atoms with E-state index in [0.717, 1.165) is 12.8 Å². The van der Waals surface area contributed by atoms with Crippen LogP contribution in [-0.4, -0.2) is 59.3 Å². The van der Waals surface area contributed by atoms with E-state index in [2.05, 4.69) is 0 Å². The average molecular weight is 518 g/mol. The maximum absolute atomic E-state index is 12.8. The zero-order chi connectivity index (χ0) is 24.0. The van der Waals surface area contributed by atoms with Gasteiger partial charge in [0.1, 0.15) is 11.5 Å². The molecule has 0 N–H and O–H groups in total. The first-order chi connectivity index (χ1) is 15.7. The van der Waals surface area contributed by atoms with Crippen LogP contribution in [0.4, 0.5) is 0 Å². The first-order valence-electron chi connectivity index (χ1n) is 10.2. The highest BCUT2D eigenvalue weighted by Crippen LogP contribution is 2.33. The number of rotatable bonds is 10.